The third-order valence-corrected chi connectivity index (χ3v) is 6.59. The normalized spacial score (nSPS) is 11.2. The summed E-state index contributed by atoms with van der Waals surface area (Å²) >= 11 is 1.69. The van der Waals surface area contributed by atoms with Crippen molar-refractivity contribution < 1.29 is 13.2 Å². The second-order valence-electron chi connectivity index (χ2n) is 6.72. The Hall–Kier alpha value is -1.99. The highest BCUT2D eigenvalue weighted by Crippen LogP contribution is 2.21. The Morgan fingerprint density at radius 3 is 2.43 bits per heavy atom. The van der Waals surface area contributed by atoms with Crippen molar-refractivity contribution >= 4 is 33.4 Å². The molecule has 0 bridgehead atoms. The van der Waals surface area contributed by atoms with Crippen LogP contribution in [0.25, 0.3) is 0 Å². The second-order valence-corrected chi connectivity index (χ2v) is 9.79. The molecule has 28 heavy (non-hydrogen) atoms. The second kappa shape index (κ2) is 10.5. The van der Waals surface area contributed by atoms with Crippen molar-refractivity contribution in [2.24, 2.45) is 0 Å². The standard InChI is InChI=1S/C21H28N2O3S2/c1-17-11-12-19(16-18(17)2)23(28(3,25)26)14-7-10-21(24)22-13-15-27-20-8-5-4-6-9-20/h4-6,8-9,11-12,16H,7,10,13-15H2,1-3H3,(H,22,24). The molecule has 2 aromatic rings. The molecule has 0 fully saturated rings. The van der Waals surface area contributed by atoms with E-state index < -0.39 is 10.0 Å². The minimum atomic E-state index is -3.40. The van der Waals surface area contributed by atoms with E-state index in [4.69, 9.17) is 0 Å². The summed E-state index contributed by atoms with van der Waals surface area (Å²) in [6, 6.07) is 15.6. The Labute approximate surface area is 172 Å². The van der Waals surface area contributed by atoms with E-state index in [1.165, 1.54) is 15.5 Å². The Morgan fingerprint density at radius 1 is 1.07 bits per heavy atom. The minimum Gasteiger partial charge on any atom is -0.355 e. The molecule has 0 unspecified atom stereocenters. The quantitative estimate of drug-likeness (QED) is 0.469. The van der Waals surface area contributed by atoms with Crippen LogP contribution in [0.5, 0.6) is 0 Å². The number of nitrogens with zero attached hydrogens (tertiary/aromatic N) is 1. The number of anilines is 1. The van der Waals surface area contributed by atoms with Crippen LogP contribution in [0.4, 0.5) is 5.69 Å². The molecule has 0 atom stereocenters. The molecule has 0 radical (unpaired) electrons. The lowest BCUT2D eigenvalue weighted by Crippen LogP contribution is -2.32. The maximum atomic E-state index is 12.2. The van der Waals surface area contributed by atoms with E-state index in [0.717, 1.165) is 16.9 Å². The molecule has 152 valence electrons. The van der Waals surface area contributed by atoms with Gasteiger partial charge in [0, 0.05) is 30.2 Å². The number of sulfonamides is 1. The van der Waals surface area contributed by atoms with Gasteiger partial charge in [-0.2, -0.15) is 0 Å². The number of nitrogens with one attached hydrogen (secondary N) is 1. The molecule has 7 heteroatoms. The average molecular weight is 421 g/mol. The third-order valence-electron chi connectivity index (χ3n) is 4.38. The molecule has 2 rings (SSSR count). The summed E-state index contributed by atoms with van der Waals surface area (Å²) in [6.07, 6.45) is 1.97. The summed E-state index contributed by atoms with van der Waals surface area (Å²) in [5.41, 5.74) is 2.80. The first-order valence-corrected chi connectivity index (χ1v) is 12.1. The first kappa shape index (κ1) is 22.3. The largest absolute Gasteiger partial charge is 0.355 e. The fourth-order valence-electron chi connectivity index (χ4n) is 2.71. The summed E-state index contributed by atoms with van der Waals surface area (Å²) in [5.74, 6) is 0.746. The maximum absolute atomic E-state index is 12.2. The minimum absolute atomic E-state index is 0.0535. The molecule has 1 amide bonds. The number of hydrogen-bond donors (Lipinski definition) is 1. The zero-order valence-electron chi connectivity index (χ0n) is 16.6. The van der Waals surface area contributed by atoms with Gasteiger partial charge in [0.05, 0.1) is 11.9 Å². The average Bonchev–Trinajstić information content (AvgIpc) is 2.65. The lowest BCUT2D eigenvalue weighted by molar-refractivity contribution is -0.121. The number of rotatable bonds is 10. The Bertz CT molecular complexity index is 884. The van der Waals surface area contributed by atoms with Gasteiger partial charge in [0.15, 0.2) is 0 Å². The number of aryl methyl sites for hydroxylation is 2. The van der Waals surface area contributed by atoms with E-state index in [0.29, 0.717) is 25.1 Å². The van der Waals surface area contributed by atoms with Gasteiger partial charge >= 0.3 is 0 Å². The molecule has 0 aromatic heterocycles. The van der Waals surface area contributed by atoms with E-state index in [9.17, 15) is 13.2 Å². The molecule has 2 aromatic carbocycles. The summed E-state index contributed by atoms with van der Waals surface area (Å²) in [4.78, 5) is 13.2. The van der Waals surface area contributed by atoms with Crippen LogP contribution in [-0.2, 0) is 14.8 Å². The smallest absolute Gasteiger partial charge is 0.232 e. The molecule has 0 heterocycles. The highest BCUT2D eigenvalue weighted by atomic mass is 32.2. The number of benzene rings is 2. The van der Waals surface area contributed by atoms with Gasteiger partial charge in [-0.1, -0.05) is 24.3 Å². The summed E-state index contributed by atoms with van der Waals surface area (Å²) in [5, 5.41) is 2.89. The van der Waals surface area contributed by atoms with Gasteiger partial charge in [-0.25, -0.2) is 8.42 Å². The Morgan fingerprint density at radius 2 is 1.79 bits per heavy atom. The molecule has 0 saturated carbocycles. The van der Waals surface area contributed by atoms with Gasteiger partial charge in [0.2, 0.25) is 15.9 Å². The van der Waals surface area contributed by atoms with E-state index in [1.807, 2.05) is 62.4 Å². The SMILES string of the molecule is Cc1ccc(N(CCCC(=O)NCCSc2ccccc2)S(C)(=O)=O)cc1C. The van der Waals surface area contributed by atoms with Crippen LogP contribution < -0.4 is 9.62 Å². The molecule has 0 spiro atoms. The number of thioether (sulfide) groups is 1. The maximum Gasteiger partial charge on any atom is 0.232 e. The zero-order valence-corrected chi connectivity index (χ0v) is 18.3. The molecule has 0 aliphatic heterocycles. The molecule has 5 nitrogen and oxygen atoms in total. The summed E-state index contributed by atoms with van der Waals surface area (Å²) < 4.78 is 25.7. The van der Waals surface area contributed by atoms with Gasteiger partial charge in [-0.15, -0.1) is 11.8 Å². The van der Waals surface area contributed by atoms with Crippen molar-refractivity contribution in [1.29, 1.82) is 0 Å². The number of carbonyl (C=O) groups is 1. The van der Waals surface area contributed by atoms with Crippen LogP contribution >= 0.6 is 11.8 Å². The third kappa shape index (κ3) is 7.20. The Balaban J connectivity index is 1.78. The van der Waals surface area contributed by atoms with Crippen molar-refractivity contribution in [2.75, 3.05) is 29.4 Å². The van der Waals surface area contributed by atoms with Crippen molar-refractivity contribution in [2.45, 2.75) is 31.6 Å². The highest BCUT2D eigenvalue weighted by Gasteiger charge is 2.18. The van der Waals surface area contributed by atoms with Crippen molar-refractivity contribution in [3.05, 3.63) is 59.7 Å². The fourth-order valence-corrected chi connectivity index (χ4v) is 4.46. The van der Waals surface area contributed by atoms with E-state index in [1.54, 1.807) is 11.8 Å². The topological polar surface area (TPSA) is 66.5 Å². The number of carbonyl (C=O) groups excluding carboxylic acids is 1. The van der Waals surface area contributed by atoms with Gasteiger partial charge in [-0.3, -0.25) is 9.10 Å². The summed E-state index contributed by atoms with van der Waals surface area (Å²) in [7, 11) is -3.40. The van der Waals surface area contributed by atoms with Crippen LogP contribution in [0.2, 0.25) is 0 Å². The molecular formula is C21H28N2O3S2. The predicted octanol–water partition coefficient (Wildman–Crippen LogP) is 3.76. The van der Waals surface area contributed by atoms with Gasteiger partial charge in [0.1, 0.15) is 0 Å². The Kier molecular flexibility index (Phi) is 8.38. The van der Waals surface area contributed by atoms with Crippen molar-refractivity contribution in [3.8, 4) is 0 Å². The monoisotopic (exact) mass is 420 g/mol. The van der Waals surface area contributed by atoms with Crippen LogP contribution in [0.1, 0.15) is 24.0 Å². The molecule has 0 saturated heterocycles. The van der Waals surface area contributed by atoms with E-state index >= 15 is 0 Å². The van der Waals surface area contributed by atoms with Crippen LogP contribution in [0, 0.1) is 13.8 Å². The van der Waals surface area contributed by atoms with Gasteiger partial charge in [-0.05, 0) is 55.7 Å². The summed E-state index contributed by atoms with van der Waals surface area (Å²) in [6.45, 7) is 4.82. The zero-order chi connectivity index (χ0) is 20.6. The molecule has 0 aliphatic rings. The van der Waals surface area contributed by atoms with E-state index in [2.05, 4.69) is 5.32 Å². The van der Waals surface area contributed by atoms with Gasteiger partial charge in [0.25, 0.3) is 0 Å². The van der Waals surface area contributed by atoms with Crippen molar-refractivity contribution in [1.82, 2.24) is 5.32 Å². The number of hydrogen-bond acceptors (Lipinski definition) is 4. The molecular weight excluding hydrogens is 392 g/mol. The van der Waals surface area contributed by atoms with Crippen LogP contribution in [0.15, 0.2) is 53.4 Å². The lowest BCUT2D eigenvalue weighted by Gasteiger charge is -2.23. The van der Waals surface area contributed by atoms with Crippen molar-refractivity contribution in [3.63, 3.8) is 0 Å². The van der Waals surface area contributed by atoms with Gasteiger partial charge < -0.3 is 5.32 Å². The number of amides is 1. The van der Waals surface area contributed by atoms with Crippen LogP contribution in [0.3, 0.4) is 0 Å². The first-order chi connectivity index (χ1) is 13.3. The fraction of sp³-hybridized carbons (Fsp3) is 0.381. The predicted molar refractivity (Wildman–Crippen MR) is 118 cm³/mol. The molecule has 1 N–H and O–H groups in total. The highest BCUT2D eigenvalue weighted by molar-refractivity contribution is 7.99. The first-order valence-electron chi connectivity index (χ1n) is 9.27. The van der Waals surface area contributed by atoms with E-state index in [-0.39, 0.29) is 12.5 Å². The molecule has 0 aliphatic carbocycles. The lowest BCUT2D eigenvalue weighted by atomic mass is 10.1. The van der Waals surface area contributed by atoms with Crippen LogP contribution in [-0.4, -0.2) is 39.4 Å².